The summed E-state index contributed by atoms with van der Waals surface area (Å²) in [6, 6.07) is 19.7. The van der Waals surface area contributed by atoms with Gasteiger partial charge in [0.1, 0.15) is 0 Å². The molecule has 6 nitrogen and oxygen atoms in total. The van der Waals surface area contributed by atoms with Gasteiger partial charge in [0, 0.05) is 43.8 Å². The molecule has 3 aromatic rings. The molecule has 2 heterocycles. The van der Waals surface area contributed by atoms with Crippen molar-refractivity contribution in [2.45, 2.75) is 13.5 Å². The lowest BCUT2D eigenvalue weighted by Crippen LogP contribution is -2.51. The highest BCUT2D eigenvalue weighted by Gasteiger charge is 2.26. The Morgan fingerprint density at radius 1 is 0.966 bits per heavy atom. The number of nitrogens with one attached hydrogen (secondary N) is 1. The van der Waals surface area contributed by atoms with Crippen LogP contribution >= 0.6 is 0 Å². The average molecular weight is 388 g/mol. The van der Waals surface area contributed by atoms with Crippen LogP contribution in [-0.4, -0.2) is 52.8 Å². The monoisotopic (exact) mass is 388 g/mol. The molecule has 1 aliphatic rings. The normalized spacial score (nSPS) is 14.7. The number of pyridine rings is 1. The third kappa shape index (κ3) is 4.43. The number of anilines is 1. The van der Waals surface area contributed by atoms with E-state index < -0.39 is 11.8 Å². The molecule has 0 aliphatic carbocycles. The second-order valence-corrected chi connectivity index (χ2v) is 7.34. The molecule has 1 aromatic heterocycles. The van der Waals surface area contributed by atoms with Gasteiger partial charge in [0.2, 0.25) is 0 Å². The summed E-state index contributed by atoms with van der Waals surface area (Å²) in [5.41, 5.74) is 3.46. The number of carbonyl (C=O) groups is 2. The standard InChI is InChI=1S/C23H24N4O2/c1-17-15-21(19-9-5-6-10-20(19)24-17)25-22(28)23(29)27-13-11-26(12-14-27)16-18-7-3-2-4-8-18/h2-10,15H,11-14,16H2,1H3,(H,24,25,28). The maximum Gasteiger partial charge on any atom is 0.313 e. The summed E-state index contributed by atoms with van der Waals surface area (Å²) in [6.07, 6.45) is 0. The van der Waals surface area contributed by atoms with Crippen LogP contribution in [0.5, 0.6) is 0 Å². The first-order valence-corrected chi connectivity index (χ1v) is 9.83. The fourth-order valence-corrected chi connectivity index (χ4v) is 3.68. The summed E-state index contributed by atoms with van der Waals surface area (Å²) in [6.45, 7) is 5.34. The zero-order chi connectivity index (χ0) is 20.2. The topological polar surface area (TPSA) is 65.5 Å². The quantitative estimate of drug-likeness (QED) is 0.701. The first kappa shape index (κ1) is 19.1. The molecule has 1 fully saturated rings. The number of aromatic nitrogens is 1. The van der Waals surface area contributed by atoms with Crippen LogP contribution in [0.3, 0.4) is 0 Å². The van der Waals surface area contributed by atoms with E-state index in [1.54, 1.807) is 11.0 Å². The molecule has 0 saturated carbocycles. The molecular weight excluding hydrogens is 364 g/mol. The van der Waals surface area contributed by atoms with Gasteiger partial charge in [-0.05, 0) is 24.6 Å². The second kappa shape index (κ2) is 8.41. The van der Waals surface area contributed by atoms with Crippen molar-refractivity contribution in [3.8, 4) is 0 Å². The summed E-state index contributed by atoms with van der Waals surface area (Å²) in [5.74, 6) is -1.08. The van der Waals surface area contributed by atoms with Crippen LogP contribution in [0.25, 0.3) is 10.9 Å². The average Bonchev–Trinajstić information content (AvgIpc) is 2.74. The van der Waals surface area contributed by atoms with Gasteiger partial charge in [-0.3, -0.25) is 19.5 Å². The third-order valence-electron chi connectivity index (χ3n) is 5.20. The number of piperazine rings is 1. The number of hydrogen-bond donors (Lipinski definition) is 1. The van der Waals surface area contributed by atoms with Crippen LogP contribution in [0.2, 0.25) is 0 Å². The molecule has 0 bridgehead atoms. The van der Waals surface area contributed by atoms with E-state index in [0.717, 1.165) is 36.2 Å². The van der Waals surface area contributed by atoms with E-state index in [4.69, 9.17) is 0 Å². The van der Waals surface area contributed by atoms with Gasteiger partial charge in [-0.1, -0.05) is 48.5 Å². The molecule has 1 N–H and O–H groups in total. The largest absolute Gasteiger partial charge is 0.332 e. The van der Waals surface area contributed by atoms with Gasteiger partial charge in [0.05, 0.1) is 11.2 Å². The van der Waals surface area contributed by atoms with Crippen LogP contribution in [0.1, 0.15) is 11.3 Å². The Labute approximate surface area is 170 Å². The number of fused-ring (bicyclic) bond motifs is 1. The van der Waals surface area contributed by atoms with E-state index >= 15 is 0 Å². The minimum absolute atomic E-state index is 0.483. The zero-order valence-electron chi connectivity index (χ0n) is 16.5. The molecule has 0 atom stereocenters. The van der Waals surface area contributed by atoms with Crippen LogP contribution in [0, 0.1) is 6.92 Å². The lowest BCUT2D eigenvalue weighted by Gasteiger charge is -2.34. The molecule has 4 rings (SSSR count). The van der Waals surface area contributed by atoms with E-state index in [-0.39, 0.29) is 0 Å². The molecule has 2 aromatic carbocycles. The SMILES string of the molecule is Cc1cc(NC(=O)C(=O)N2CCN(Cc3ccccc3)CC2)c2ccccc2n1. The number of benzene rings is 2. The maximum atomic E-state index is 12.7. The minimum Gasteiger partial charge on any atom is -0.332 e. The maximum absolute atomic E-state index is 12.7. The number of nitrogens with zero attached hydrogens (tertiary/aromatic N) is 3. The number of amides is 2. The minimum atomic E-state index is -0.600. The Kier molecular flexibility index (Phi) is 5.53. The van der Waals surface area contributed by atoms with Crippen LogP contribution < -0.4 is 5.32 Å². The molecule has 2 amide bonds. The van der Waals surface area contributed by atoms with E-state index in [1.807, 2.05) is 49.4 Å². The molecule has 0 radical (unpaired) electrons. The Balaban J connectivity index is 1.38. The first-order valence-electron chi connectivity index (χ1n) is 9.83. The van der Waals surface area contributed by atoms with E-state index in [1.165, 1.54) is 5.56 Å². The van der Waals surface area contributed by atoms with Crippen LogP contribution in [0.4, 0.5) is 5.69 Å². The second-order valence-electron chi connectivity index (χ2n) is 7.34. The summed E-state index contributed by atoms with van der Waals surface area (Å²) in [4.78, 5) is 33.7. The van der Waals surface area contributed by atoms with Crippen LogP contribution in [0.15, 0.2) is 60.7 Å². The Bertz CT molecular complexity index is 1030. The van der Waals surface area contributed by atoms with Crippen molar-refractivity contribution in [2.24, 2.45) is 0 Å². The third-order valence-corrected chi connectivity index (χ3v) is 5.20. The Hall–Kier alpha value is -3.25. The summed E-state index contributed by atoms with van der Waals surface area (Å²) >= 11 is 0. The smallest absolute Gasteiger partial charge is 0.313 e. The summed E-state index contributed by atoms with van der Waals surface area (Å²) in [5, 5.41) is 3.62. The highest BCUT2D eigenvalue weighted by Crippen LogP contribution is 2.23. The lowest BCUT2D eigenvalue weighted by atomic mass is 10.1. The molecule has 148 valence electrons. The fourth-order valence-electron chi connectivity index (χ4n) is 3.68. The molecule has 6 heteroatoms. The summed E-state index contributed by atoms with van der Waals surface area (Å²) in [7, 11) is 0. The van der Waals surface area contributed by atoms with Gasteiger partial charge in [-0.25, -0.2) is 0 Å². The van der Waals surface area contributed by atoms with Gasteiger partial charge in [-0.2, -0.15) is 0 Å². The van der Waals surface area contributed by atoms with Crippen molar-refractivity contribution in [2.75, 3.05) is 31.5 Å². The van der Waals surface area contributed by atoms with E-state index in [0.29, 0.717) is 18.8 Å². The number of rotatable bonds is 3. The van der Waals surface area contributed by atoms with Gasteiger partial charge in [-0.15, -0.1) is 0 Å². The van der Waals surface area contributed by atoms with Crippen molar-refractivity contribution in [3.05, 3.63) is 71.9 Å². The summed E-state index contributed by atoms with van der Waals surface area (Å²) < 4.78 is 0. The Morgan fingerprint density at radius 3 is 2.41 bits per heavy atom. The van der Waals surface area contributed by atoms with Crippen LogP contribution in [-0.2, 0) is 16.1 Å². The predicted octanol–water partition coefficient (Wildman–Crippen LogP) is 2.83. The molecular formula is C23H24N4O2. The van der Waals surface area contributed by atoms with Gasteiger partial charge in [0.15, 0.2) is 0 Å². The molecule has 1 saturated heterocycles. The fraction of sp³-hybridized carbons (Fsp3) is 0.261. The van der Waals surface area contributed by atoms with E-state index in [2.05, 4.69) is 27.3 Å². The van der Waals surface area contributed by atoms with E-state index in [9.17, 15) is 9.59 Å². The number of hydrogen-bond acceptors (Lipinski definition) is 4. The molecule has 0 spiro atoms. The molecule has 29 heavy (non-hydrogen) atoms. The number of carbonyl (C=O) groups excluding carboxylic acids is 2. The zero-order valence-corrected chi connectivity index (χ0v) is 16.5. The molecule has 1 aliphatic heterocycles. The van der Waals surface area contributed by atoms with Gasteiger partial charge < -0.3 is 10.2 Å². The molecule has 0 unspecified atom stereocenters. The lowest BCUT2D eigenvalue weighted by molar-refractivity contribution is -0.144. The highest BCUT2D eigenvalue weighted by molar-refractivity contribution is 6.40. The number of aryl methyl sites for hydroxylation is 1. The first-order chi connectivity index (χ1) is 14.1. The number of para-hydroxylation sites is 1. The predicted molar refractivity (Wildman–Crippen MR) is 113 cm³/mol. The highest BCUT2D eigenvalue weighted by atomic mass is 16.2. The van der Waals surface area contributed by atoms with Crippen molar-refractivity contribution < 1.29 is 9.59 Å². The van der Waals surface area contributed by atoms with Crippen molar-refractivity contribution in [1.29, 1.82) is 0 Å². The van der Waals surface area contributed by atoms with Crippen molar-refractivity contribution >= 4 is 28.4 Å². The van der Waals surface area contributed by atoms with Gasteiger partial charge >= 0.3 is 11.8 Å². The van der Waals surface area contributed by atoms with Gasteiger partial charge in [0.25, 0.3) is 0 Å². The van der Waals surface area contributed by atoms with Crippen molar-refractivity contribution in [1.82, 2.24) is 14.8 Å². The van der Waals surface area contributed by atoms with Crippen molar-refractivity contribution in [3.63, 3.8) is 0 Å². The Morgan fingerprint density at radius 2 is 1.66 bits per heavy atom.